The summed E-state index contributed by atoms with van der Waals surface area (Å²) in [5, 5.41) is 22.6. The lowest BCUT2D eigenvalue weighted by molar-refractivity contribution is -0.138. The van der Waals surface area contributed by atoms with Gasteiger partial charge in [-0.05, 0) is 96.8 Å². The molecule has 4 heterocycles. The Morgan fingerprint density at radius 3 is 1.40 bits per heavy atom. The smallest absolute Gasteiger partial charge is 0.322 e. The molecule has 0 radical (unpaired) electrons. The summed E-state index contributed by atoms with van der Waals surface area (Å²) in [7, 11) is 0. The molecule has 0 fully saturated rings. The van der Waals surface area contributed by atoms with Gasteiger partial charge in [0.15, 0.2) is 11.3 Å². The van der Waals surface area contributed by atoms with Crippen LogP contribution in [0.15, 0.2) is 110 Å². The fourth-order valence-corrected chi connectivity index (χ4v) is 6.77. The van der Waals surface area contributed by atoms with Crippen molar-refractivity contribution in [1.29, 1.82) is 0 Å². The van der Waals surface area contributed by atoms with Gasteiger partial charge in [-0.25, -0.2) is 9.97 Å². The average Bonchev–Trinajstić information content (AvgIpc) is 3.95. The van der Waals surface area contributed by atoms with E-state index < -0.39 is 48.4 Å². The fourth-order valence-electron chi connectivity index (χ4n) is 6.77. The molecule has 11 nitrogen and oxygen atoms in total. The normalized spacial score (nSPS) is 11.4. The van der Waals surface area contributed by atoms with E-state index in [1.165, 1.54) is 36.4 Å². The molecule has 0 aliphatic carbocycles. The first-order valence-electron chi connectivity index (χ1n) is 19.6. The number of carbonyl (C=O) groups excluding carboxylic acids is 2. The Kier molecular flexibility index (Phi) is 11.9. The molecule has 0 spiro atoms. The van der Waals surface area contributed by atoms with Crippen molar-refractivity contribution >= 4 is 45.3 Å². The Morgan fingerprint density at radius 1 is 0.554 bits per heavy atom. The average molecular weight is 882 g/mol. The molecule has 4 aromatic heterocycles. The van der Waals surface area contributed by atoms with Gasteiger partial charge >= 0.3 is 12.4 Å². The number of pyridine rings is 2. The largest absolute Gasteiger partial charge is 0.416 e. The first kappa shape index (κ1) is 43.4. The van der Waals surface area contributed by atoms with Crippen LogP contribution < -0.4 is 16.0 Å². The number of H-pyrrole nitrogens is 2. The first-order chi connectivity index (χ1) is 31.1. The van der Waals surface area contributed by atoms with Crippen LogP contribution in [0.3, 0.4) is 0 Å². The molecule has 0 bridgehead atoms. The Balaban J connectivity index is 0.927. The van der Waals surface area contributed by atoms with Crippen molar-refractivity contribution in [2.75, 3.05) is 10.6 Å². The molecule has 0 unspecified atom stereocenters. The van der Waals surface area contributed by atoms with E-state index in [-0.39, 0.29) is 33.6 Å². The Hall–Kier alpha value is -8.28. The highest BCUT2D eigenvalue weighted by Gasteiger charge is 2.35. The van der Waals surface area contributed by atoms with Crippen LogP contribution >= 0.6 is 0 Å². The molecule has 0 aliphatic rings. The first-order valence-corrected chi connectivity index (χ1v) is 19.6. The van der Waals surface area contributed by atoms with Crippen molar-refractivity contribution in [2.24, 2.45) is 0 Å². The second-order valence-electron chi connectivity index (χ2n) is 14.9. The number of aromatic amines is 2. The molecule has 324 valence electrons. The third kappa shape index (κ3) is 10.2. The number of carbonyl (C=O) groups is 2. The van der Waals surface area contributed by atoms with Crippen LogP contribution in [0.2, 0.25) is 0 Å². The van der Waals surface area contributed by atoms with Gasteiger partial charge in [0.05, 0.1) is 23.5 Å². The molecule has 17 heteroatoms. The summed E-state index contributed by atoms with van der Waals surface area (Å²) in [6, 6.07) is 19.4. The minimum Gasteiger partial charge on any atom is -0.322 e. The zero-order valence-electron chi connectivity index (χ0n) is 34.2. The van der Waals surface area contributed by atoms with E-state index in [2.05, 4.69) is 70.0 Å². The van der Waals surface area contributed by atoms with Crippen LogP contribution in [0.25, 0.3) is 22.1 Å². The van der Waals surface area contributed by atoms with E-state index in [1.54, 1.807) is 62.9 Å². The minimum absolute atomic E-state index is 0.147. The number of rotatable bonds is 8. The predicted molar refractivity (Wildman–Crippen MR) is 231 cm³/mol. The highest BCUT2D eigenvalue weighted by molar-refractivity contribution is 6.05. The monoisotopic (exact) mass is 881 g/mol. The third-order valence-electron chi connectivity index (χ3n) is 10.2. The van der Waals surface area contributed by atoms with Gasteiger partial charge in [-0.3, -0.25) is 19.8 Å². The second-order valence-corrected chi connectivity index (χ2v) is 14.9. The van der Waals surface area contributed by atoms with Gasteiger partial charge < -0.3 is 16.0 Å². The number of fused-ring (bicyclic) bond motifs is 2. The number of hydrogen-bond donors (Lipinski definition) is 5. The molecular formula is C48H33F6N9O2. The molecule has 0 aliphatic heterocycles. The van der Waals surface area contributed by atoms with Crippen LogP contribution in [0.5, 0.6) is 0 Å². The third-order valence-corrected chi connectivity index (χ3v) is 10.2. The quantitative estimate of drug-likeness (QED) is 0.0753. The number of amides is 2. The molecule has 8 aromatic rings. The molecule has 5 N–H and O–H groups in total. The molecular weight excluding hydrogens is 849 g/mol. The topological polar surface area (TPSA) is 153 Å². The maximum absolute atomic E-state index is 14.3. The number of hydrogen-bond acceptors (Lipinski definition) is 7. The van der Waals surface area contributed by atoms with E-state index in [0.717, 1.165) is 46.2 Å². The molecule has 4 aromatic carbocycles. The Labute approximate surface area is 366 Å². The van der Waals surface area contributed by atoms with E-state index >= 15 is 0 Å². The maximum atomic E-state index is 14.3. The van der Waals surface area contributed by atoms with Crippen molar-refractivity contribution < 1.29 is 35.9 Å². The summed E-state index contributed by atoms with van der Waals surface area (Å²) in [4.78, 5) is 35.0. The number of aromatic nitrogens is 6. The standard InChI is InChI=1S/C48H33F6N9O2/c1-27-3-7-33(17-31(27)9-5-29-15-37-25-58-62-43(37)56-21-29)45(64)60-39-13-11-35(41(19-39)47(49,50)51)23-55-24-36-12-14-40(20-42(36)48(52,53)54)61-46(65)34-8-4-28(2)32(18-34)10-6-30-16-38-26-59-63-44(38)57-22-30/h3-4,7-8,11-22,25-26,55H,23-24H2,1-2H3,(H,60,64)(H,61,65)(H,56,58,62)(H,57,59,63). The molecule has 0 saturated carbocycles. The summed E-state index contributed by atoms with van der Waals surface area (Å²) in [6.45, 7) is 2.67. The van der Waals surface area contributed by atoms with Crippen molar-refractivity contribution in [3.63, 3.8) is 0 Å². The zero-order chi connectivity index (χ0) is 45.9. The van der Waals surface area contributed by atoms with E-state index in [0.29, 0.717) is 33.5 Å². The van der Waals surface area contributed by atoms with Gasteiger partial charge in [0.1, 0.15) is 0 Å². The van der Waals surface area contributed by atoms with E-state index in [1.807, 2.05) is 0 Å². The Bertz CT molecular complexity index is 3060. The Morgan fingerprint density at radius 2 is 0.985 bits per heavy atom. The molecule has 8 rings (SSSR count). The van der Waals surface area contributed by atoms with Crippen LogP contribution in [0, 0.1) is 37.5 Å². The number of halogens is 6. The van der Waals surface area contributed by atoms with Gasteiger partial charge in [0.25, 0.3) is 11.8 Å². The van der Waals surface area contributed by atoms with Crippen LogP contribution in [-0.4, -0.2) is 42.2 Å². The number of benzene rings is 4. The maximum Gasteiger partial charge on any atom is 0.416 e. The highest BCUT2D eigenvalue weighted by Crippen LogP contribution is 2.36. The minimum atomic E-state index is -4.87. The molecule has 0 saturated heterocycles. The highest BCUT2D eigenvalue weighted by atomic mass is 19.4. The molecule has 2 amide bonds. The van der Waals surface area contributed by atoms with Gasteiger partial charge in [0.2, 0.25) is 0 Å². The fraction of sp³-hybridized carbons (Fsp3) is 0.125. The number of nitrogens with one attached hydrogen (secondary N) is 5. The van der Waals surface area contributed by atoms with Crippen molar-refractivity contribution in [3.8, 4) is 23.7 Å². The van der Waals surface area contributed by atoms with Gasteiger partial charge in [-0.1, -0.05) is 47.9 Å². The van der Waals surface area contributed by atoms with Gasteiger partial charge in [-0.2, -0.15) is 36.5 Å². The second kappa shape index (κ2) is 17.8. The lowest BCUT2D eigenvalue weighted by Crippen LogP contribution is -2.21. The van der Waals surface area contributed by atoms with Gasteiger partial charge in [-0.15, -0.1) is 0 Å². The summed E-state index contributed by atoms with van der Waals surface area (Å²) < 4.78 is 86.1. The van der Waals surface area contributed by atoms with Crippen LogP contribution in [-0.2, 0) is 25.4 Å². The SMILES string of the molecule is Cc1ccc(C(=O)Nc2ccc(CNCc3ccc(NC(=O)c4ccc(C)c(C#Cc5cnc6[nH]ncc6c5)c4)cc3C(F)(F)F)c(C(F)(F)F)c2)cc1C#Cc1cnc2[nH]ncc2c1. The summed E-state index contributed by atoms with van der Waals surface area (Å²) in [5.41, 5.74) is 2.30. The van der Waals surface area contributed by atoms with Crippen LogP contribution in [0.4, 0.5) is 37.7 Å². The van der Waals surface area contributed by atoms with Crippen molar-refractivity contribution in [3.05, 3.63) is 176 Å². The summed E-state index contributed by atoms with van der Waals surface area (Å²) in [5.74, 6) is 10.7. The number of anilines is 2. The predicted octanol–water partition coefficient (Wildman–Crippen LogP) is 9.48. The van der Waals surface area contributed by atoms with Crippen LogP contribution in [0.1, 0.15) is 76.4 Å². The summed E-state index contributed by atoms with van der Waals surface area (Å²) >= 11 is 0. The number of alkyl halides is 6. The molecule has 65 heavy (non-hydrogen) atoms. The summed E-state index contributed by atoms with van der Waals surface area (Å²) in [6.07, 6.45) is -3.37. The van der Waals surface area contributed by atoms with E-state index in [4.69, 9.17) is 0 Å². The number of nitrogens with zero attached hydrogens (tertiary/aromatic N) is 4. The lowest BCUT2D eigenvalue weighted by Gasteiger charge is -2.18. The zero-order valence-corrected chi connectivity index (χ0v) is 34.2. The lowest BCUT2D eigenvalue weighted by atomic mass is 10.0. The van der Waals surface area contributed by atoms with Crippen molar-refractivity contribution in [1.82, 2.24) is 35.7 Å². The molecule has 0 atom stereocenters. The van der Waals surface area contributed by atoms with E-state index in [9.17, 15) is 35.9 Å². The number of aryl methyl sites for hydroxylation is 2. The van der Waals surface area contributed by atoms with Crippen molar-refractivity contribution in [2.45, 2.75) is 39.3 Å². The van der Waals surface area contributed by atoms with Gasteiger partial charge in [0, 0.05) is 81.0 Å².